The fourth-order valence-electron chi connectivity index (χ4n) is 4.95. The van der Waals surface area contributed by atoms with Gasteiger partial charge >= 0.3 is 0 Å². The Balaban J connectivity index is 1.52. The van der Waals surface area contributed by atoms with Crippen molar-refractivity contribution in [3.63, 3.8) is 0 Å². The summed E-state index contributed by atoms with van der Waals surface area (Å²) in [7, 11) is 0. The Kier molecular flexibility index (Phi) is 5.59. The standard InChI is InChI=1S/C24H29N5O2/c30-12-6-2-5-11-28-14-19(22-23(28)24(31)26-15-25-22)17-9-10-21-20(13-17)27-16-29(21)18-7-3-1-4-8-18/h9-10,13-16,18,30H,1-8,11-12H2,(H,25,26,31). The van der Waals surface area contributed by atoms with Crippen molar-refractivity contribution in [2.45, 2.75) is 64.0 Å². The van der Waals surface area contributed by atoms with Crippen LogP contribution in [0.25, 0.3) is 33.2 Å². The lowest BCUT2D eigenvalue weighted by Gasteiger charge is -2.23. The maximum absolute atomic E-state index is 12.6. The second-order valence-electron chi connectivity index (χ2n) is 8.60. The smallest absolute Gasteiger partial charge is 0.275 e. The van der Waals surface area contributed by atoms with E-state index in [1.54, 1.807) is 0 Å². The molecule has 2 N–H and O–H groups in total. The molecule has 0 atom stereocenters. The molecule has 1 saturated carbocycles. The number of hydrogen-bond donors (Lipinski definition) is 2. The third-order valence-electron chi connectivity index (χ3n) is 6.57. The third-order valence-corrected chi connectivity index (χ3v) is 6.57. The first-order valence-electron chi connectivity index (χ1n) is 11.4. The molecular formula is C24H29N5O2. The van der Waals surface area contributed by atoms with Crippen LogP contribution in [0.4, 0.5) is 0 Å². The zero-order valence-corrected chi connectivity index (χ0v) is 17.8. The molecule has 7 nitrogen and oxygen atoms in total. The number of fused-ring (bicyclic) bond motifs is 2. The molecule has 31 heavy (non-hydrogen) atoms. The highest BCUT2D eigenvalue weighted by atomic mass is 16.2. The van der Waals surface area contributed by atoms with Crippen molar-refractivity contribution in [3.8, 4) is 11.1 Å². The molecule has 1 fully saturated rings. The number of nitrogens with zero attached hydrogens (tertiary/aromatic N) is 4. The first-order chi connectivity index (χ1) is 15.3. The van der Waals surface area contributed by atoms with E-state index in [1.807, 2.05) is 17.1 Å². The molecule has 0 bridgehead atoms. The van der Waals surface area contributed by atoms with Crippen LogP contribution in [0, 0.1) is 0 Å². The van der Waals surface area contributed by atoms with Crippen LogP contribution in [-0.4, -0.2) is 35.8 Å². The van der Waals surface area contributed by atoms with Crippen molar-refractivity contribution < 1.29 is 5.11 Å². The molecule has 1 aromatic carbocycles. The van der Waals surface area contributed by atoms with E-state index in [4.69, 9.17) is 10.1 Å². The summed E-state index contributed by atoms with van der Waals surface area (Å²) in [5.41, 5.74) is 5.34. The summed E-state index contributed by atoms with van der Waals surface area (Å²) >= 11 is 0. The normalized spacial score (nSPS) is 15.3. The number of imidazole rings is 1. The number of aromatic nitrogens is 5. The highest BCUT2D eigenvalue weighted by Crippen LogP contribution is 2.33. The highest BCUT2D eigenvalue weighted by Gasteiger charge is 2.19. The van der Waals surface area contributed by atoms with Crippen LogP contribution in [0.2, 0.25) is 0 Å². The Bertz CT molecular complexity index is 1250. The number of aromatic amines is 1. The third kappa shape index (κ3) is 3.78. The van der Waals surface area contributed by atoms with Crippen molar-refractivity contribution >= 4 is 22.1 Å². The molecule has 0 amide bonds. The maximum Gasteiger partial charge on any atom is 0.275 e. The fraction of sp³-hybridized carbons (Fsp3) is 0.458. The number of hydrogen-bond acceptors (Lipinski definition) is 4. The van der Waals surface area contributed by atoms with Crippen LogP contribution < -0.4 is 5.56 Å². The van der Waals surface area contributed by atoms with Crippen molar-refractivity contribution in [2.24, 2.45) is 0 Å². The van der Waals surface area contributed by atoms with E-state index in [0.717, 1.165) is 48.0 Å². The van der Waals surface area contributed by atoms with E-state index in [1.165, 1.54) is 43.9 Å². The van der Waals surface area contributed by atoms with E-state index in [9.17, 15) is 4.79 Å². The van der Waals surface area contributed by atoms with Gasteiger partial charge in [0.05, 0.1) is 23.7 Å². The summed E-state index contributed by atoms with van der Waals surface area (Å²) in [4.78, 5) is 24.5. The van der Waals surface area contributed by atoms with Gasteiger partial charge in [-0.25, -0.2) is 9.97 Å². The Hall–Kier alpha value is -2.93. The van der Waals surface area contributed by atoms with Crippen LogP contribution in [0.3, 0.4) is 0 Å². The number of aliphatic hydroxyl groups excluding tert-OH is 1. The molecule has 0 radical (unpaired) electrons. The van der Waals surface area contributed by atoms with Crippen molar-refractivity contribution in [1.82, 2.24) is 24.1 Å². The van der Waals surface area contributed by atoms with Crippen LogP contribution in [0.5, 0.6) is 0 Å². The number of nitrogens with one attached hydrogen (secondary N) is 1. The minimum atomic E-state index is -0.124. The van der Waals surface area contributed by atoms with Gasteiger partial charge in [0.25, 0.3) is 5.56 Å². The Morgan fingerprint density at radius 3 is 2.81 bits per heavy atom. The number of benzene rings is 1. The van der Waals surface area contributed by atoms with E-state index in [2.05, 4.69) is 32.7 Å². The van der Waals surface area contributed by atoms with Gasteiger partial charge in [0.15, 0.2) is 0 Å². The van der Waals surface area contributed by atoms with Gasteiger partial charge in [-0.15, -0.1) is 0 Å². The first-order valence-corrected chi connectivity index (χ1v) is 11.4. The van der Waals surface area contributed by atoms with Crippen molar-refractivity contribution in [1.29, 1.82) is 0 Å². The largest absolute Gasteiger partial charge is 0.396 e. The average Bonchev–Trinajstić information content (AvgIpc) is 3.39. The average molecular weight is 420 g/mol. The summed E-state index contributed by atoms with van der Waals surface area (Å²) in [5.74, 6) is 0. The molecule has 1 aliphatic carbocycles. The lowest BCUT2D eigenvalue weighted by atomic mass is 9.95. The van der Waals surface area contributed by atoms with Gasteiger partial charge in [-0.3, -0.25) is 4.79 Å². The van der Waals surface area contributed by atoms with Gasteiger partial charge in [0.2, 0.25) is 0 Å². The molecule has 0 spiro atoms. The highest BCUT2D eigenvalue weighted by molar-refractivity contribution is 5.94. The quantitative estimate of drug-likeness (QED) is 0.434. The van der Waals surface area contributed by atoms with E-state index in [0.29, 0.717) is 11.6 Å². The fourth-order valence-corrected chi connectivity index (χ4v) is 4.95. The molecule has 0 unspecified atom stereocenters. The summed E-state index contributed by atoms with van der Waals surface area (Å²) in [6.07, 6.45) is 14.5. The summed E-state index contributed by atoms with van der Waals surface area (Å²) in [6, 6.07) is 6.94. The number of rotatable bonds is 7. The minimum Gasteiger partial charge on any atom is -0.396 e. The summed E-state index contributed by atoms with van der Waals surface area (Å²) in [5, 5.41) is 9.02. The number of unbranched alkanes of at least 4 members (excludes halogenated alkanes) is 2. The van der Waals surface area contributed by atoms with Gasteiger partial charge in [-0.2, -0.15) is 0 Å². The Labute approximate surface area is 180 Å². The monoisotopic (exact) mass is 419 g/mol. The van der Waals surface area contributed by atoms with Gasteiger partial charge in [-0.1, -0.05) is 25.3 Å². The van der Waals surface area contributed by atoms with E-state index in [-0.39, 0.29) is 12.2 Å². The van der Waals surface area contributed by atoms with Crippen LogP contribution in [0.15, 0.2) is 41.8 Å². The number of H-pyrrole nitrogens is 1. The van der Waals surface area contributed by atoms with Crippen LogP contribution in [-0.2, 0) is 6.54 Å². The second-order valence-corrected chi connectivity index (χ2v) is 8.60. The zero-order chi connectivity index (χ0) is 21.2. The lowest BCUT2D eigenvalue weighted by molar-refractivity contribution is 0.282. The maximum atomic E-state index is 12.6. The second kappa shape index (κ2) is 8.67. The van der Waals surface area contributed by atoms with Crippen LogP contribution in [0.1, 0.15) is 57.4 Å². The SMILES string of the molecule is O=c1[nH]cnc2c(-c3ccc4c(c3)ncn4C3CCCCC3)cn(CCCCCO)c12. The van der Waals surface area contributed by atoms with Crippen molar-refractivity contribution in [2.75, 3.05) is 6.61 Å². The molecule has 7 heteroatoms. The lowest BCUT2D eigenvalue weighted by Crippen LogP contribution is -2.11. The Morgan fingerprint density at radius 2 is 1.97 bits per heavy atom. The molecule has 162 valence electrons. The summed E-state index contributed by atoms with van der Waals surface area (Å²) < 4.78 is 4.34. The topological polar surface area (TPSA) is 88.7 Å². The molecule has 0 aliphatic heterocycles. The van der Waals surface area contributed by atoms with E-state index >= 15 is 0 Å². The Morgan fingerprint density at radius 1 is 1.10 bits per heavy atom. The molecule has 1 aliphatic rings. The van der Waals surface area contributed by atoms with Gasteiger partial charge in [0.1, 0.15) is 11.0 Å². The van der Waals surface area contributed by atoms with Crippen molar-refractivity contribution in [3.05, 3.63) is 47.4 Å². The van der Waals surface area contributed by atoms with Gasteiger partial charge in [-0.05, 0) is 49.8 Å². The molecule has 5 rings (SSSR count). The van der Waals surface area contributed by atoms with E-state index < -0.39 is 0 Å². The minimum absolute atomic E-state index is 0.124. The van der Waals surface area contributed by atoms with Crippen LogP contribution >= 0.6 is 0 Å². The molecule has 3 heterocycles. The molecular weight excluding hydrogens is 390 g/mol. The number of aliphatic hydroxyl groups is 1. The molecule has 0 saturated heterocycles. The van der Waals surface area contributed by atoms with Gasteiger partial charge in [0, 0.05) is 31.0 Å². The van der Waals surface area contributed by atoms with Gasteiger partial charge < -0.3 is 19.2 Å². The predicted molar refractivity (Wildman–Crippen MR) is 122 cm³/mol. The molecule has 4 aromatic rings. The zero-order valence-electron chi connectivity index (χ0n) is 17.8. The summed E-state index contributed by atoms with van der Waals surface area (Å²) in [6.45, 7) is 0.928. The predicted octanol–water partition coefficient (Wildman–Crippen LogP) is 4.41. The first kappa shape index (κ1) is 20.0. The molecule has 3 aromatic heterocycles. The number of aryl methyl sites for hydroxylation is 1.